The SMILES string of the molecule is CC1(C)CCCC1C(O)c1cc(F)c(Br)cc1F. The van der Waals surface area contributed by atoms with Crippen LogP contribution >= 0.6 is 15.9 Å². The zero-order valence-electron chi connectivity index (χ0n) is 10.5. The number of halogens is 3. The van der Waals surface area contributed by atoms with Gasteiger partial charge in [-0.2, -0.15) is 0 Å². The first-order valence-corrected chi connectivity index (χ1v) is 6.95. The van der Waals surface area contributed by atoms with Crippen LogP contribution in [0.5, 0.6) is 0 Å². The zero-order valence-corrected chi connectivity index (χ0v) is 12.1. The number of aliphatic hydroxyl groups is 1. The Balaban J connectivity index is 2.34. The van der Waals surface area contributed by atoms with Gasteiger partial charge >= 0.3 is 0 Å². The fourth-order valence-corrected chi connectivity index (χ4v) is 3.24. The van der Waals surface area contributed by atoms with Crippen molar-refractivity contribution in [1.29, 1.82) is 0 Å². The lowest BCUT2D eigenvalue weighted by Gasteiger charge is -2.31. The second-order valence-corrected chi connectivity index (χ2v) is 6.57. The van der Waals surface area contributed by atoms with E-state index in [0.717, 1.165) is 31.4 Å². The smallest absolute Gasteiger partial charge is 0.137 e. The van der Waals surface area contributed by atoms with Crippen LogP contribution in [0, 0.1) is 23.0 Å². The van der Waals surface area contributed by atoms with E-state index in [0.29, 0.717) is 0 Å². The molecule has 1 aliphatic rings. The second-order valence-electron chi connectivity index (χ2n) is 5.72. The molecular weight excluding hydrogens is 302 g/mol. The van der Waals surface area contributed by atoms with Crippen LogP contribution in [0.2, 0.25) is 0 Å². The molecule has 0 bridgehead atoms. The largest absolute Gasteiger partial charge is 0.388 e. The van der Waals surface area contributed by atoms with Gasteiger partial charge in [-0.15, -0.1) is 0 Å². The molecule has 1 nitrogen and oxygen atoms in total. The van der Waals surface area contributed by atoms with Gasteiger partial charge in [-0.25, -0.2) is 8.78 Å². The number of aliphatic hydroxyl groups excluding tert-OH is 1. The van der Waals surface area contributed by atoms with Gasteiger partial charge in [-0.05, 0) is 52.2 Å². The van der Waals surface area contributed by atoms with E-state index in [2.05, 4.69) is 29.8 Å². The molecule has 2 atom stereocenters. The Hall–Kier alpha value is -0.480. The first-order valence-electron chi connectivity index (χ1n) is 6.15. The van der Waals surface area contributed by atoms with Gasteiger partial charge in [0.05, 0.1) is 10.6 Å². The average molecular weight is 319 g/mol. The molecule has 1 saturated carbocycles. The predicted octanol–water partition coefficient (Wildman–Crippen LogP) is 4.59. The monoisotopic (exact) mass is 318 g/mol. The molecule has 0 spiro atoms. The average Bonchev–Trinajstić information content (AvgIpc) is 2.62. The number of hydrogen-bond donors (Lipinski definition) is 1. The van der Waals surface area contributed by atoms with Crippen LogP contribution in [0.3, 0.4) is 0 Å². The molecule has 0 radical (unpaired) electrons. The van der Waals surface area contributed by atoms with E-state index >= 15 is 0 Å². The molecule has 1 aromatic carbocycles. The first kappa shape index (κ1) is 13.9. The highest BCUT2D eigenvalue weighted by atomic mass is 79.9. The maximum absolute atomic E-state index is 13.8. The summed E-state index contributed by atoms with van der Waals surface area (Å²) in [4.78, 5) is 0. The van der Waals surface area contributed by atoms with Gasteiger partial charge in [0.2, 0.25) is 0 Å². The highest BCUT2D eigenvalue weighted by Crippen LogP contribution is 2.49. The molecule has 0 amide bonds. The summed E-state index contributed by atoms with van der Waals surface area (Å²) in [6.45, 7) is 4.14. The van der Waals surface area contributed by atoms with Crippen LogP contribution in [0.4, 0.5) is 8.78 Å². The van der Waals surface area contributed by atoms with Gasteiger partial charge in [0.1, 0.15) is 11.6 Å². The van der Waals surface area contributed by atoms with Crippen molar-refractivity contribution >= 4 is 15.9 Å². The van der Waals surface area contributed by atoms with Crippen LogP contribution in [-0.4, -0.2) is 5.11 Å². The van der Waals surface area contributed by atoms with E-state index in [1.165, 1.54) is 0 Å². The maximum Gasteiger partial charge on any atom is 0.137 e. The van der Waals surface area contributed by atoms with Crippen molar-refractivity contribution in [2.75, 3.05) is 0 Å². The van der Waals surface area contributed by atoms with Crippen molar-refractivity contribution in [1.82, 2.24) is 0 Å². The molecule has 1 fully saturated rings. The Morgan fingerprint density at radius 1 is 1.33 bits per heavy atom. The molecular formula is C14H17BrF2O. The highest BCUT2D eigenvalue weighted by Gasteiger charge is 2.40. The van der Waals surface area contributed by atoms with E-state index in [1.54, 1.807) is 0 Å². The molecule has 18 heavy (non-hydrogen) atoms. The van der Waals surface area contributed by atoms with Gasteiger partial charge in [-0.3, -0.25) is 0 Å². The van der Waals surface area contributed by atoms with E-state index in [4.69, 9.17) is 0 Å². The number of hydrogen-bond acceptors (Lipinski definition) is 1. The van der Waals surface area contributed by atoms with Crippen molar-refractivity contribution < 1.29 is 13.9 Å². The summed E-state index contributed by atoms with van der Waals surface area (Å²) < 4.78 is 27.4. The minimum Gasteiger partial charge on any atom is -0.388 e. The summed E-state index contributed by atoms with van der Waals surface area (Å²) in [6, 6.07) is 2.17. The van der Waals surface area contributed by atoms with Crippen LogP contribution in [-0.2, 0) is 0 Å². The van der Waals surface area contributed by atoms with Crippen molar-refractivity contribution in [3.8, 4) is 0 Å². The third-order valence-corrected chi connectivity index (χ3v) is 4.69. The third kappa shape index (κ3) is 2.45. The number of benzene rings is 1. The molecule has 1 aliphatic carbocycles. The Kier molecular flexibility index (Phi) is 3.79. The molecule has 0 saturated heterocycles. The summed E-state index contributed by atoms with van der Waals surface area (Å²) in [5.74, 6) is -1.12. The number of rotatable bonds is 2. The van der Waals surface area contributed by atoms with Crippen molar-refractivity contribution in [2.45, 2.75) is 39.2 Å². The first-order chi connectivity index (χ1) is 8.33. The molecule has 0 aromatic heterocycles. The van der Waals surface area contributed by atoms with Gasteiger partial charge in [0, 0.05) is 5.56 Å². The lowest BCUT2D eigenvalue weighted by molar-refractivity contribution is 0.0502. The van der Waals surface area contributed by atoms with Crippen molar-refractivity contribution in [3.63, 3.8) is 0 Å². The van der Waals surface area contributed by atoms with Gasteiger partial charge in [0.15, 0.2) is 0 Å². The van der Waals surface area contributed by atoms with Crippen LogP contribution < -0.4 is 0 Å². The molecule has 0 aliphatic heterocycles. The van der Waals surface area contributed by atoms with Gasteiger partial charge < -0.3 is 5.11 Å². The summed E-state index contributed by atoms with van der Waals surface area (Å²) in [6.07, 6.45) is 1.95. The Morgan fingerprint density at radius 2 is 2.00 bits per heavy atom. The van der Waals surface area contributed by atoms with Gasteiger partial charge in [0.25, 0.3) is 0 Å². The fourth-order valence-electron chi connectivity index (χ4n) is 2.92. The third-order valence-electron chi connectivity index (χ3n) is 4.08. The quantitative estimate of drug-likeness (QED) is 0.791. The molecule has 4 heteroatoms. The summed E-state index contributed by atoms with van der Waals surface area (Å²) in [7, 11) is 0. The maximum atomic E-state index is 13.8. The lowest BCUT2D eigenvalue weighted by Crippen LogP contribution is -2.24. The standard InChI is InChI=1S/C14H17BrF2O/c1-14(2)5-3-4-9(14)13(18)8-6-12(17)10(15)7-11(8)16/h6-7,9,13,18H,3-5H2,1-2H3. The van der Waals surface area contributed by atoms with E-state index < -0.39 is 17.7 Å². The summed E-state index contributed by atoms with van der Waals surface area (Å²) >= 11 is 2.94. The normalized spacial score (nSPS) is 24.2. The van der Waals surface area contributed by atoms with Crippen molar-refractivity contribution in [3.05, 3.63) is 33.8 Å². The Labute approximate surface area is 114 Å². The second kappa shape index (κ2) is 4.89. The molecule has 100 valence electrons. The predicted molar refractivity (Wildman–Crippen MR) is 70.1 cm³/mol. The van der Waals surface area contributed by atoms with E-state index in [9.17, 15) is 13.9 Å². The van der Waals surface area contributed by atoms with Crippen LogP contribution in [0.1, 0.15) is 44.8 Å². The Morgan fingerprint density at radius 3 is 2.56 bits per heavy atom. The Bertz CT molecular complexity index is 459. The topological polar surface area (TPSA) is 20.2 Å². The van der Waals surface area contributed by atoms with E-state index in [1.807, 2.05) is 0 Å². The fraction of sp³-hybridized carbons (Fsp3) is 0.571. The van der Waals surface area contributed by atoms with E-state index in [-0.39, 0.29) is 21.4 Å². The molecule has 1 N–H and O–H groups in total. The van der Waals surface area contributed by atoms with Gasteiger partial charge in [-0.1, -0.05) is 20.3 Å². The summed E-state index contributed by atoms with van der Waals surface area (Å²) in [5.41, 5.74) is 0.0331. The zero-order chi connectivity index (χ0) is 13.5. The molecule has 0 heterocycles. The lowest BCUT2D eigenvalue weighted by atomic mass is 9.76. The summed E-state index contributed by atoms with van der Waals surface area (Å²) in [5, 5.41) is 10.3. The molecule has 2 rings (SSSR count). The highest BCUT2D eigenvalue weighted by molar-refractivity contribution is 9.10. The molecule has 1 aromatic rings. The van der Waals surface area contributed by atoms with Crippen LogP contribution in [0.25, 0.3) is 0 Å². The van der Waals surface area contributed by atoms with Crippen molar-refractivity contribution in [2.24, 2.45) is 11.3 Å². The minimum absolute atomic E-state index is 0.0208. The molecule has 2 unspecified atom stereocenters. The minimum atomic E-state index is -0.940. The van der Waals surface area contributed by atoms with Crippen LogP contribution in [0.15, 0.2) is 16.6 Å².